The SMILES string of the molecule is CC(C)(O)C12CCC(C(=O)N3CCC(c4ccc(C(F)(C(F)(F)F)C(F)(F)F)cc4)(S(=O)(=O)c4ccc(F)cc4)C3)(CC1)C2. The van der Waals surface area contributed by atoms with E-state index < -0.39 is 67.0 Å². The number of fused-ring (bicyclic) bond motifs is 2. The number of likely N-dealkylation sites (tertiary alicyclic amines) is 1. The van der Waals surface area contributed by atoms with Crippen molar-refractivity contribution in [2.45, 2.75) is 85.6 Å². The highest BCUT2D eigenvalue weighted by Gasteiger charge is 2.73. The van der Waals surface area contributed by atoms with Crippen LogP contribution in [-0.2, 0) is 25.0 Å². The summed E-state index contributed by atoms with van der Waals surface area (Å²) < 4.78 is 135. The van der Waals surface area contributed by atoms with Gasteiger partial charge in [-0.25, -0.2) is 17.2 Å². The molecule has 5 rings (SSSR count). The van der Waals surface area contributed by atoms with Gasteiger partial charge in [0.15, 0.2) is 9.84 Å². The minimum Gasteiger partial charge on any atom is -0.390 e. The van der Waals surface area contributed by atoms with E-state index in [1.165, 1.54) is 4.90 Å². The second-order valence-corrected chi connectivity index (χ2v) is 15.2. The highest BCUT2D eigenvalue weighted by molar-refractivity contribution is 7.92. The number of hydrogen-bond acceptors (Lipinski definition) is 4. The number of amides is 1. The van der Waals surface area contributed by atoms with Crippen LogP contribution >= 0.6 is 0 Å². The predicted molar refractivity (Wildman–Crippen MR) is 142 cm³/mol. The molecule has 3 fully saturated rings. The van der Waals surface area contributed by atoms with Gasteiger partial charge in [-0.05, 0) is 87.6 Å². The van der Waals surface area contributed by atoms with E-state index in [0.29, 0.717) is 44.2 Å². The second-order valence-electron chi connectivity index (χ2n) is 13.0. The van der Waals surface area contributed by atoms with Crippen molar-refractivity contribution in [1.29, 1.82) is 0 Å². The Hall–Kier alpha value is -2.74. The van der Waals surface area contributed by atoms with Crippen molar-refractivity contribution in [2.24, 2.45) is 10.8 Å². The van der Waals surface area contributed by atoms with Crippen LogP contribution in [0.15, 0.2) is 53.4 Å². The van der Waals surface area contributed by atoms with Crippen molar-refractivity contribution < 1.29 is 53.4 Å². The standard InChI is InChI=1S/C30H31F8NO4S/c1-24(2,41)26-13-11-25(17-26,12-14-26)23(40)39-16-15-27(18-39,44(42,43)22-9-7-21(31)8-10-22)19-3-5-20(6-4-19)28(32,29(33,34)35)30(36,37)38/h3-10,41H,11-18H2,1-2H3. The molecular weight excluding hydrogens is 622 g/mol. The maximum absolute atomic E-state index is 14.7. The number of aliphatic hydroxyl groups is 1. The maximum Gasteiger partial charge on any atom is 0.435 e. The summed E-state index contributed by atoms with van der Waals surface area (Å²) in [7, 11) is -4.56. The third kappa shape index (κ3) is 4.56. The summed E-state index contributed by atoms with van der Waals surface area (Å²) in [4.78, 5) is 15.0. The van der Waals surface area contributed by atoms with Crippen LogP contribution in [0.2, 0.25) is 0 Å². The molecule has 3 aliphatic rings. The lowest BCUT2D eigenvalue weighted by Crippen LogP contribution is -2.50. The van der Waals surface area contributed by atoms with Gasteiger partial charge in [-0.3, -0.25) is 4.79 Å². The van der Waals surface area contributed by atoms with Gasteiger partial charge in [0.1, 0.15) is 10.6 Å². The Morgan fingerprint density at radius 1 is 0.818 bits per heavy atom. The normalized spacial score (nSPS) is 28.1. The fourth-order valence-electron chi connectivity index (χ4n) is 7.56. The molecule has 2 aliphatic carbocycles. The minimum atomic E-state index is -6.36. The van der Waals surface area contributed by atoms with Crippen LogP contribution in [0.1, 0.15) is 63.5 Å². The third-order valence-electron chi connectivity index (χ3n) is 10.3. The fourth-order valence-corrected chi connectivity index (χ4v) is 9.64. The van der Waals surface area contributed by atoms with E-state index >= 15 is 0 Å². The van der Waals surface area contributed by atoms with Gasteiger partial charge in [0, 0.05) is 18.7 Å². The number of alkyl halides is 7. The number of benzene rings is 2. The van der Waals surface area contributed by atoms with Crippen LogP contribution < -0.4 is 0 Å². The summed E-state index contributed by atoms with van der Waals surface area (Å²) in [6, 6.07) is 5.67. The topological polar surface area (TPSA) is 74.7 Å². The molecule has 0 radical (unpaired) electrons. The first-order valence-corrected chi connectivity index (χ1v) is 15.5. The molecule has 2 saturated carbocycles. The van der Waals surface area contributed by atoms with Crippen LogP contribution in [0.25, 0.3) is 0 Å². The van der Waals surface area contributed by atoms with Gasteiger partial charge in [-0.2, -0.15) is 26.3 Å². The Balaban J connectivity index is 1.56. The molecule has 2 aromatic carbocycles. The monoisotopic (exact) mass is 653 g/mol. The Kier molecular flexibility index (Phi) is 7.33. The summed E-state index contributed by atoms with van der Waals surface area (Å²) in [5.41, 5.74) is -10.1. The average Bonchev–Trinajstić information content (AvgIpc) is 3.66. The van der Waals surface area contributed by atoms with Crippen molar-refractivity contribution in [1.82, 2.24) is 4.90 Å². The summed E-state index contributed by atoms with van der Waals surface area (Å²) >= 11 is 0. The molecule has 1 heterocycles. The van der Waals surface area contributed by atoms with Crippen molar-refractivity contribution in [2.75, 3.05) is 13.1 Å². The van der Waals surface area contributed by atoms with Crippen LogP contribution in [-0.4, -0.2) is 55.4 Å². The molecule has 2 aromatic rings. The summed E-state index contributed by atoms with van der Waals surface area (Å²) in [5.74, 6) is -1.09. The highest BCUT2D eigenvalue weighted by atomic mass is 32.2. The Morgan fingerprint density at radius 2 is 1.34 bits per heavy atom. The van der Waals surface area contributed by atoms with Crippen LogP contribution in [0.3, 0.4) is 0 Å². The van der Waals surface area contributed by atoms with E-state index in [-0.39, 0.29) is 41.5 Å². The Labute approximate surface area is 249 Å². The number of carbonyl (C=O) groups excluding carboxylic acids is 1. The summed E-state index contributed by atoms with van der Waals surface area (Å²) in [6.45, 7) is 2.78. The molecule has 0 spiro atoms. The van der Waals surface area contributed by atoms with Gasteiger partial charge >= 0.3 is 18.0 Å². The lowest BCUT2D eigenvalue weighted by atomic mass is 9.71. The van der Waals surface area contributed by atoms with E-state index in [2.05, 4.69) is 0 Å². The number of halogens is 8. The van der Waals surface area contributed by atoms with E-state index in [9.17, 15) is 53.4 Å². The van der Waals surface area contributed by atoms with Gasteiger partial charge in [-0.1, -0.05) is 24.3 Å². The zero-order chi connectivity index (χ0) is 32.8. The number of hydrogen-bond donors (Lipinski definition) is 1. The van der Waals surface area contributed by atoms with Crippen LogP contribution in [0, 0.1) is 16.6 Å². The van der Waals surface area contributed by atoms with Gasteiger partial charge in [-0.15, -0.1) is 0 Å². The Bertz CT molecular complexity index is 1520. The van der Waals surface area contributed by atoms with Gasteiger partial charge in [0.25, 0.3) is 0 Å². The molecule has 44 heavy (non-hydrogen) atoms. The van der Waals surface area contributed by atoms with Gasteiger partial charge in [0.05, 0.1) is 15.9 Å². The molecule has 1 N–H and O–H groups in total. The predicted octanol–water partition coefficient (Wildman–Crippen LogP) is 6.74. The van der Waals surface area contributed by atoms with Crippen molar-refractivity contribution in [3.63, 3.8) is 0 Å². The Morgan fingerprint density at radius 3 is 1.80 bits per heavy atom. The highest BCUT2D eigenvalue weighted by Crippen LogP contribution is 2.66. The maximum atomic E-state index is 14.7. The quantitative estimate of drug-likeness (QED) is 0.277. The number of nitrogens with zero attached hydrogens (tertiary/aromatic N) is 1. The number of carbonyl (C=O) groups is 1. The molecule has 2 bridgehead atoms. The average molecular weight is 654 g/mol. The molecular formula is C30H31F8NO4S. The van der Waals surface area contributed by atoms with Gasteiger partial charge < -0.3 is 10.0 Å². The first kappa shape index (κ1) is 32.6. The minimum absolute atomic E-state index is 0.101. The molecule has 0 aromatic heterocycles. The molecule has 1 amide bonds. The van der Waals surface area contributed by atoms with Crippen molar-refractivity contribution in [3.8, 4) is 0 Å². The third-order valence-corrected chi connectivity index (χ3v) is 12.8. The zero-order valence-corrected chi connectivity index (χ0v) is 24.6. The van der Waals surface area contributed by atoms with E-state index in [4.69, 9.17) is 0 Å². The fraction of sp³-hybridized carbons (Fsp3) is 0.567. The lowest BCUT2D eigenvalue weighted by molar-refractivity contribution is -0.348. The molecule has 5 nitrogen and oxygen atoms in total. The van der Waals surface area contributed by atoms with Crippen LogP contribution in [0.4, 0.5) is 35.1 Å². The van der Waals surface area contributed by atoms with E-state index in [1.54, 1.807) is 13.8 Å². The molecule has 1 atom stereocenters. The molecule has 1 unspecified atom stereocenters. The van der Waals surface area contributed by atoms with Crippen molar-refractivity contribution in [3.05, 3.63) is 65.5 Å². The summed E-state index contributed by atoms with van der Waals surface area (Å²) in [6.07, 6.45) is -10.5. The summed E-state index contributed by atoms with van der Waals surface area (Å²) in [5, 5.41) is 10.8. The van der Waals surface area contributed by atoms with Crippen molar-refractivity contribution >= 4 is 15.7 Å². The second kappa shape index (κ2) is 9.88. The van der Waals surface area contributed by atoms with E-state index in [0.717, 1.165) is 24.3 Å². The van der Waals surface area contributed by atoms with Gasteiger partial charge in [0.2, 0.25) is 5.91 Å². The smallest absolute Gasteiger partial charge is 0.390 e. The molecule has 1 saturated heterocycles. The number of sulfone groups is 1. The zero-order valence-electron chi connectivity index (χ0n) is 23.8. The number of rotatable bonds is 6. The first-order valence-electron chi connectivity index (χ1n) is 14.0. The van der Waals surface area contributed by atoms with E-state index in [1.807, 2.05) is 0 Å². The molecule has 242 valence electrons. The van der Waals surface area contributed by atoms with Crippen LogP contribution in [0.5, 0.6) is 0 Å². The first-order chi connectivity index (χ1) is 20.1. The molecule has 1 aliphatic heterocycles. The molecule has 14 heteroatoms. The lowest BCUT2D eigenvalue weighted by Gasteiger charge is -2.38. The largest absolute Gasteiger partial charge is 0.435 e.